The molecule has 2 aromatic rings. The second-order valence-electron chi connectivity index (χ2n) is 6.72. The molecule has 2 amide bonds. The molecule has 2 aromatic carbocycles. The molecule has 0 heterocycles. The fraction of sp³-hybridized carbons (Fsp3) is 0.333. The molecule has 0 aliphatic heterocycles. The van der Waals surface area contributed by atoms with Crippen LogP contribution in [0.15, 0.2) is 36.4 Å². The van der Waals surface area contributed by atoms with Gasteiger partial charge < -0.3 is 10.2 Å². The van der Waals surface area contributed by atoms with Gasteiger partial charge in [0.05, 0.1) is 6.42 Å². The maximum atomic E-state index is 13.1. The molecule has 1 N–H and O–H groups in total. The smallest absolute Gasteiger partial charge is 0.242 e. The Labute approximate surface area is 170 Å². The molecule has 6 heteroatoms. The van der Waals surface area contributed by atoms with Gasteiger partial charge in [-0.05, 0) is 44.0 Å². The number of amides is 2. The number of hydrogen-bond acceptors (Lipinski definition) is 2. The van der Waals surface area contributed by atoms with E-state index in [1.807, 2.05) is 26.0 Å². The van der Waals surface area contributed by atoms with Crippen molar-refractivity contribution in [2.75, 3.05) is 7.05 Å². The summed E-state index contributed by atoms with van der Waals surface area (Å²) < 4.78 is 0. The summed E-state index contributed by atoms with van der Waals surface area (Å²) in [5.74, 6) is -0.365. The Morgan fingerprint density at radius 3 is 2.26 bits per heavy atom. The minimum Gasteiger partial charge on any atom is -0.357 e. The molecular formula is C21H24Cl2N2O2. The highest BCUT2D eigenvalue weighted by Crippen LogP contribution is 2.23. The van der Waals surface area contributed by atoms with Crippen LogP contribution in [0, 0.1) is 13.8 Å². The number of hydrogen-bond donors (Lipinski definition) is 1. The zero-order valence-corrected chi connectivity index (χ0v) is 17.5. The van der Waals surface area contributed by atoms with E-state index in [1.54, 1.807) is 37.1 Å². The van der Waals surface area contributed by atoms with Gasteiger partial charge >= 0.3 is 0 Å². The molecule has 27 heavy (non-hydrogen) atoms. The Morgan fingerprint density at radius 1 is 1.07 bits per heavy atom. The van der Waals surface area contributed by atoms with Gasteiger partial charge in [0.2, 0.25) is 11.8 Å². The van der Waals surface area contributed by atoms with Gasteiger partial charge in [0, 0.05) is 23.6 Å². The van der Waals surface area contributed by atoms with Gasteiger partial charge in [-0.15, -0.1) is 0 Å². The van der Waals surface area contributed by atoms with Crippen LogP contribution >= 0.6 is 23.2 Å². The van der Waals surface area contributed by atoms with E-state index in [4.69, 9.17) is 23.2 Å². The molecule has 4 nitrogen and oxygen atoms in total. The molecular weight excluding hydrogens is 383 g/mol. The lowest BCUT2D eigenvalue weighted by Crippen LogP contribution is -2.47. The van der Waals surface area contributed by atoms with E-state index in [1.165, 1.54) is 0 Å². The SMILES string of the molecule is CNC(=O)C(C)N(Cc1ccc(Cl)cc1Cl)C(=O)Cc1cc(C)cc(C)c1. The molecule has 0 aromatic heterocycles. The van der Waals surface area contributed by atoms with Crippen molar-refractivity contribution in [3.05, 3.63) is 68.7 Å². The maximum absolute atomic E-state index is 13.1. The predicted molar refractivity (Wildman–Crippen MR) is 110 cm³/mol. The Bertz CT molecular complexity index is 832. The van der Waals surface area contributed by atoms with E-state index in [9.17, 15) is 9.59 Å². The Balaban J connectivity index is 2.30. The van der Waals surface area contributed by atoms with Crippen LogP contribution in [0.1, 0.15) is 29.2 Å². The number of nitrogens with one attached hydrogen (secondary N) is 1. The zero-order valence-electron chi connectivity index (χ0n) is 16.0. The first-order valence-corrected chi connectivity index (χ1v) is 9.49. The number of aryl methyl sites for hydroxylation is 2. The lowest BCUT2D eigenvalue weighted by Gasteiger charge is -2.29. The Morgan fingerprint density at radius 2 is 1.70 bits per heavy atom. The number of halogens is 2. The lowest BCUT2D eigenvalue weighted by atomic mass is 10.0. The highest BCUT2D eigenvalue weighted by atomic mass is 35.5. The molecule has 0 saturated carbocycles. The van der Waals surface area contributed by atoms with Crippen LogP contribution in [0.4, 0.5) is 0 Å². The fourth-order valence-electron chi connectivity index (χ4n) is 3.07. The van der Waals surface area contributed by atoms with Gasteiger partial charge in [0.15, 0.2) is 0 Å². The first-order chi connectivity index (χ1) is 12.7. The molecule has 0 bridgehead atoms. The van der Waals surface area contributed by atoms with Crippen molar-refractivity contribution < 1.29 is 9.59 Å². The van der Waals surface area contributed by atoms with Gasteiger partial charge in [-0.3, -0.25) is 9.59 Å². The van der Waals surface area contributed by atoms with Crippen LogP contribution < -0.4 is 5.32 Å². The normalized spacial score (nSPS) is 11.8. The predicted octanol–water partition coefficient (Wildman–Crippen LogP) is 4.32. The van der Waals surface area contributed by atoms with Crippen LogP contribution in [0.2, 0.25) is 10.0 Å². The molecule has 0 saturated heterocycles. The van der Waals surface area contributed by atoms with E-state index in [2.05, 4.69) is 11.4 Å². The minimum absolute atomic E-state index is 0.137. The second kappa shape index (κ2) is 9.25. The maximum Gasteiger partial charge on any atom is 0.242 e. The molecule has 0 fully saturated rings. The number of carbonyl (C=O) groups excluding carboxylic acids is 2. The van der Waals surface area contributed by atoms with Crippen molar-refractivity contribution in [1.82, 2.24) is 10.2 Å². The largest absolute Gasteiger partial charge is 0.357 e. The van der Waals surface area contributed by atoms with Crippen molar-refractivity contribution in [3.8, 4) is 0 Å². The minimum atomic E-state index is -0.625. The number of carbonyl (C=O) groups is 2. The molecule has 0 aliphatic carbocycles. The highest BCUT2D eigenvalue weighted by Gasteiger charge is 2.26. The zero-order chi connectivity index (χ0) is 20.1. The molecule has 144 valence electrons. The van der Waals surface area contributed by atoms with Crippen molar-refractivity contribution in [1.29, 1.82) is 0 Å². The fourth-order valence-corrected chi connectivity index (χ4v) is 3.54. The van der Waals surface area contributed by atoms with Crippen LogP contribution in [0.3, 0.4) is 0 Å². The third-order valence-electron chi connectivity index (χ3n) is 4.41. The molecule has 1 atom stereocenters. The number of benzene rings is 2. The van der Waals surface area contributed by atoms with Gasteiger partial charge in [-0.1, -0.05) is 58.6 Å². The summed E-state index contributed by atoms with van der Waals surface area (Å²) in [5.41, 5.74) is 3.87. The molecule has 2 rings (SSSR count). The standard InChI is InChI=1S/C21H24Cl2N2O2/c1-13-7-14(2)9-16(8-13)10-20(26)25(15(3)21(27)24-4)12-17-5-6-18(22)11-19(17)23/h5-9,11,15H,10,12H2,1-4H3,(H,24,27). The quantitative estimate of drug-likeness (QED) is 0.776. The van der Waals surface area contributed by atoms with Crippen molar-refractivity contribution in [2.24, 2.45) is 0 Å². The first kappa shape index (κ1) is 21.3. The number of nitrogens with zero attached hydrogens (tertiary/aromatic N) is 1. The van der Waals surface area contributed by atoms with Crippen molar-refractivity contribution in [2.45, 2.75) is 39.8 Å². The summed E-state index contributed by atoms with van der Waals surface area (Å²) in [6.45, 7) is 5.94. The van der Waals surface area contributed by atoms with E-state index in [-0.39, 0.29) is 24.8 Å². The van der Waals surface area contributed by atoms with Gasteiger partial charge in [-0.2, -0.15) is 0 Å². The monoisotopic (exact) mass is 406 g/mol. The van der Waals surface area contributed by atoms with E-state index in [0.717, 1.165) is 22.3 Å². The van der Waals surface area contributed by atoms with Crippen LogP contribution in [0.5, 0.6) is 0 Å². The van der Waals surface area contributed by atoms with Crippen LogP contribution in [0.25, 0.3) is 0 Å². The van der Waals surface area contributed by atoms with Crippen molar-refractivity contribution in [3.63, 3.8) is 0 Å². The first-order valence-electron chi connectivity index (χ1n) is 8.73. The summed E-state index contributed by atoms with van der Waals surface area (Å²) in [7, 11) is 1.56. The van der Waals surface area contributed by atoms with Crippen molar-refractivity contribution >= 4 is 35.0 Å². The lowest BCUT2D eigenvalue weighted by molar-refractivity contribution is -0.139. The number of rotatable bonds is 6. The van der Waals surface area contributed by atoms with E-state index < -0.39 is 6.04 Å². The summed E-state index contributed by atoms with van der Waals surface area (Å²) >= 11 is 12.2. The summed E-state index contributed by atoms with van der Waals surface area (Å²) in [5, 5.41) is 3.60. The summed E-state index contributed by atoms with van der Waals surface area (Å²) in [6.07, 6.45) is 0.217. The Hall–Kier alpha value is -2.04. The summed E-state index contributed by atoms with van der Waals surface area (Å²) in [6, 6.07) is 10.5. The third kappa shape index (κ3) is 5.72. The summed E-state index contributed by atoms with van der Waals surface area (Å²) in [4.78, 5) is 26.8. The van der Waals surface area contributed by atoms with Crippen LogP contribution in [-0.4, -0.2) is 29.8 Å². The Kier molecular flexibility index (Phi) is 7.28. The average Bonchev–Trinajstić information content (AvgIpc) is 2.58. The van der Waals surface area contributed by atoms with Crippen LogP contribution in [-0.2, 0) is 22.6 Å². The topological polar surface area (TPSA) is 49.4 Å². The molecule has 0 spiro atoms. The molecule has 1 unspecified atom stereocenters. The molecule has 0 radical (unpaired) electrons. The van der Waals surface area contributed by atoms with Gasteiger partial charge in [0.1, 0.15) is 6.04 Å². The van der Waals surface area contributed by atoms with E-state index in [0.29, 0.717) is 10.0 Å². The molecule has 0 aliphatic rings. The second-order valence-corrected chi connectivity index (χ2v) is 7.56. The van der Waals surface area contributed by atoms with E-state index >= 15 is 0 Å². The van der Waals surface area contributed by atoms with Gasteiger partial charge in [-0.25, -0.2) is 0 Å². The highest BCUT2D eigenvalue weighted by molar-refractivity contribution is 6.35. The number of likely N-dealkylation sites (N-methyl/N-ethyl adjacent to an activating group) is 1. The average molecular weight is 407 g/mol. The third-order valence-corrected chi connectivity index (χ3v) is 4.99. The van der Waals surface area contributed by atoms with Gasteiger partial charge in [0.25, 0.3) is 0 Å².